The Kier molecular flexibility index (Phi) is 5.66. The van der Waals surface area contributed by atoms with Crippen molar-refractivity contribution in [1.29, 1.82) is 0 Å². The fourth-order valence-corrected chi connectivity index (χ4v) is 3.58. The molecule has 0 unspecified atom stereocenters. The SMILES string of the molecule is O=C(COC(=O)C1=CN2CCS(=O)(=O)N=C2C=C1)Nc1cc([N+](=O)[O-])ccc1Cl. The summed E-state index contributed by atoms with van der Waals surface area (Å²) < 4.78 is 31.5. The van der Waals surface area contributed by atoms with Crippen LogP contribution < -0.4 is 5.32 Å². The second kappa shape index (κ2) is 8.01. The van der Waals surface area contributed by atoms with Crippen LogP contribution in [0.2, 0.25) is 5.02 Å². The monoisotopic (exact) mass is 440 g/mol. The third kappa shape index (κ3) is 4.97. The Morgan fingerprint density at radius 1 is 1.34 bits per heavy atom. The van der Waals surface area contributed by atoms with Crippen molar-refractivity contribution in [2.75, 3.05) is 24.2 Å². The van der Waals surface area contributed by atoms with Crippen molar-refractivity contribution < 1.29 is 27.7 Å². The number of sulfonamides is 1. The Morgan fingerprint density at radius 2 is 2.10 bits per heavy atom. The van der Waals surface area contributed by atoms with Gasteiger partial charge in [0.05, 0.1) is 27.0 Å². The normalized spacial score (nSPS) is 16.9. The van der Waals surface area contributed by atoms with Crippen LogP contribution in [0.3, 0.4) is 0 Å². The highest BCUT2D eigenvalue weighted by Crippen LogP contribution is 2.26. The van der Waals surface area contributed by atoms with Crippen LogP contribution in [0, 0.1) is 10.1 Å². The minimum absolute atomic E-state index is 0.00840. The minimum atomic E-state index is -3.51. The van der Waals surface area contributed by atoms with E-state index in [1.165, 1.54) is 35.4 Å². The lowest BCUT2D eigenvalue weighted by atomic mass is 10.2. The van der Waals surface area contributed by atoms with Gasteiger partial charge in [-0.15, -0.1) is 4.40 Å². The summed E-state index contributed by atoms with van der Waals surface area (Å²) in [6.45, 7) is -0.521. The molecule has 2 aliphatic rings. The molecule has 1 aromatic carbocycles. The first kappa shape index (κ1) is 20.5. The van der Waals surface area contributed by atoms with Crippen molar-refractivity contribution in [3.63, 3.8) is 0 Å². The third-order valence-corrected chi connectivity index (χ3v) is 5.32. The number of nitro groups is 1. The zero-order valence-corrected chi connectivity index (χ0v) is 16.1. The van der Waals surface area contributed by atoms with Crippen molar-refractivity contribution in [2.24, 2.45) is 4.40 Å². The summed E-state index contributed by atoms with van der Waals surface area (Å²) in [4.78, 5) is 35.8. The Morgan fingerprint density at radius 3 is 2.83 bits per heavy atom. The lowest BCUT2D eigenvalue weighted by Crippen LogP contribution is -2.37. The van der Waals surface area contributed by atoms with E-state index in [0.717, 1.165) is 6.07 Å². The van der Waals surface area contributed by atoms with Gasteiger partial charge < -0.3 is 15.0 Å². The summed E-state index contributed by atoms with van der Waals surface area (Å²) in [7, 11) is -3.51. The van der Waals surface area contributed by atoms with Gasteiger partial charge in [0, 0.05) is 24.9 Å². The van der Waals surface area contributed by atoms with Crippen LogP contribution >= 0.6 is 11.6 Å². The number of amidine groups is 1. The largest absolute Gasteiger partial charge is 0.452 e. The van der Waals surface area contributed by atoms with Gasteiger partial charge in [-0.1, -0.05) is 11.6 Å². The molecule has 29 heavy (non-hydrogen) atoms. The number of hydrogen-bond donors (Lipinski definition) is 1. The summed E-state index contributed by atoms with van der Waals surface area (Å²) in [6, 6.07) is 3.53. The lowest BCUT2D eigenvalue weighted by molar-refractivity contribution is -0.384. The second-order valence-corrected chi connectivity index (χ2v) is 8.05. The molecular formula is C16H13ClN4O7S. The first-order valence-electron chi connectivity index (χ1n) is 8.05. The van der Waals surface area contributed by atoms with E-state index in [-0.39, 0.29) is 40.1 Å². The number of carbonyl (C=O) groups excluding carboxylic acids is 2. The maximum absolute atomic E-state index is 12.1. The smallest absolute Gasteiger partial charge is 0.340 e. The number of anilines is 1. The second-order valence-electron chi connectivity index (χ2n) is 5.89. The number of ether oxygens (including phenoxy) is 1. The molecule has 1 N–H and O–H groups in total. The van der Waals surface area contributed by atoms with Crippen LogP contribution in [0.1, 0.15) is 0 Å². The van der Waals surface area contributed by atoms with Crippen LogP contribution in [0.5, 0.6) is 0 Å². The van der Waals surface area contributed by atoms with Gasteiger partial charge in [0.2, 0.25) is 0 Å². The topological polar surface area (TPSA) is 148 Å². The van der Waals surface area contributed by atoms with Crippen molar-refractivity contribution in [3.05, 3.63) is 57.3 Å². The number of nitrogens with one attached hydrogen (secondary N) is 1. The van der Waals surface area contributed by atoms with Gasteiger partial charge >= 0.3 is 5.97 Å². The Labute approximate surface area is 169 Å². The summed E-state index contributed by atoms with van der Waals surface area (Å²) in [5.41, 5.74) is -0.154. The standard InChI is InChI=1S/C16H13ClN4O7S/c17-12-3-2-11(21(24)25)7-13(12)18-15(22)9-28-16(23)10-1-4-14-19-29(26,27)6-5-20(14)8-10/h1-4,7-8H,5-6,9H2,(H,18,22). The number of carbonyl (C=O) groups is 2. The highest BCUT2D eigenvalue weighted by Gasteiger charge is 2.25. The molecule has 3 rings (SSSR count). The molecule has 0 saturated heterocycles. The van der Waals surface area contributed by atoms with Gasteiger partial charge in [-0.05, 0) is 18.2 Å². The summed E-state index contributed by atoms with van der Waals surface area (Å²) >= 11 is 5.89. The molecule has 0 aromatic heterocycles. The van der Waals surface area contributed by atoms with E-state index in [9.17, 15) is 28.1 Å². The highest BCUT2D eigenvalue weighted by molar-refractivity contribution is 7.90. The van der Waals surface area contributed by atoms with E-state index in [1.807, 2.05) is 0 Å². The zero-order chi connectivity index (χ0) is 21.2. The highest BCUT2D eigenvalue weighted by atomic mass is 35.5. The molecule has 2 heterocycles. The van der Waals surface area contributed by atoms with Gasteiger partial charge in [0.25, 0.3) is 21.6 Å². The predicted octanol–water partition coefficient (Wildman–Crippen LogP) is 1.23. The number of benzene rings is 1. The van der Waals surface area contributed by atoms with E-state index >= 15 is 0 Å². The molecule has 0 atom stereocenters. The van der Waals surface area contributed by atoms with Crippen LogP contribution in [-0.2, 0) is 24.3 Å². The van der Waals surface area contributed by atoms with Crippen molar-refractivity contribution in [2.45, 2.75) is 0 Å². The number of rotatable bonds is 5. The molecule has 0 saturated carbocycles. The van der Waals surface area contributed by atoms with E-state index in [0.29, 0.717) is 0 Å². The number of esters is 1. The molecule has 13 heteroatoms. The molecule has 0 bridgehead atoms. The van der Waals surface area contributed by atoms with E-state index in [1.54, 1.807) is 0 Å². The van der Waals surface area contributed by atoms with Gasteiger partial charge in [-0.25, -0.2) is 13.2 Å². The molecule has 2 aliphatic heterocycles. The van der Waals surface area contributed by atoms with Gasteiger partial charge in [0.1, 0.15) is 5.84 Å². The van der Waals surface area contributed by atoms with Crippen LogP contribution in [0.15, 0.2) is 46.5 Å². The molecule has 0 aliphatic carbocycles. The maximum atomic E-state index is 12.1. The fraction of sp³-hybridized carbons (Fsp3) is 0.188. The van der Waals surface area contributed by atoms with E-state index in [4.69, 9.17) is 16.3 Å². The molecule has 1 amide bonds. The molecule has 152 valence electrons. The van der Waals surface area contributed by atoms with Crippen molar-refractivity contribution in [3.8, 4) is 0 Å². The summed E-state index contributed by atoms with van der Waals surface area (Å²) in [6.07, 6.45) is 4.06. The van der Waals surface area contributed by atoms with E-state index < -0.39 is 33.4 Å². The zero-order valence-electron chi connectivity index (χ0n) is 14.6. The van der Waals surface area contributed by atoms with Crippen LogP contribution in [-0.4, -0.2) is 54.9 Å². The average molecular weight is 441 g/mol. The molecular weight excluding hydrogens is 428 g/mol. The predicted molar refractivity (Wildman–Crippen MR) is 103 cm³/mol. The number of nitro benzene ring substituents is 1. The minimum Gasteiger partial charge on any atom is -0.452 e. The number of non-ortho nitro benzene ring substituents is 1. The van der Waals surface area contributed by atoms with Crippen molar-refractivity contribution in [1.82, 2.24) is 4.90 Å². The number of halogens is 1. The fourth-order valence-electron chi connectivity index (χ4n) is 2.45. The Balaban J connectivity index is 1.60. The molecule has 0 radical (unpaired) electrons. The van der Waals surface area contributed by atoms with Gasteiger partial charge in [0.15, 0.2) is 6.61 Å². The average Bonchev–Trinajstić information content (AvgIpc) is 2.66. The third-order valence-electron chi connectivity index (χ3n) is 3.83. The molecule has 1 aromatic rings. The number of hydrogen-bond acceptors (Lipinski definition) is 8. The van der Waals surface area contributed by atoms with Crippen molar-refractivity contribution >= 4 is 50.7 Å². The van der Waals surface area contributed by atoms with E-state index in [2.05, 4.69) is 9.71 Å². The quantitative estimate of drug-likeness (QED) is 0.408. The molecule has 0 spiro atoms. The van der Waals surface area contributed by atoms with Gasteiger partial charge in [-0.3, -0.25) is 14.9 Å². The summed E-state index contributed by atoms with van der Waals surface area (Å²) in [5.74, 6) is -1.55. The van der Waals surface area contributed by atoms with Gasteiger partial charge in [-0.2, -0.15) is 0 Å². The molecule has 11 nitrogen and oxygen atoms in total. The summed E-state index contributed by atoms with van der Waals surface area (Å²) in [5, 5.41) is 13.2. The number of amides is 1. The lowest BCUT2D eigenvalue weighted by Gasteiger charge is -2.26. The number of fused-ring (bicyclic) bond motifs is 1. The first-order chi connectivity index (χ1) is 13.6. The Bertz CT molecular complexity index is 1090. The van der Waals surface area contributed by atoms with Crippen LogP contribution in [0.4, 0.5) is 11.4 Å². The Hall–Kier alpha value is -3.25. The molecule has 0 fully saturated rings. The first-order valence-corrected chi connectivity index (χ1v) is 10.0. The number of nitrogens with zero attached hydrogens (tertiary/aromatic N) is 3. The van der Waals surface area contributed by atoms with Crippen LogP contribution in [0.25, 0.3) is 0 Å². The maximum Gasteiger partial charge on any atom is 0.340 e.